The lowest BCUT2D eigenvalue weighted by atomic mass is 10.0. The van der Waals surface area contributed by atoms with Gasteiger partial charge in [-0.1, -0.05) is 30.3 Å². The normalized spacial score (nSPS) is 17.5. The van der Waals surface area contributed by atoms with E-state index in [0.29, 0.717) is 0 Å². The van der Waals surface area contributed by atoms with Gasteiger partial charge in [-0.05, 0) is 29.6 Å². The van der Waals surface area contributed by atoms with Crippen molar-refractivity contribution in [3.05, 3.63) is 82.8 Å². The Kier molecular flexibility index (Phi) is 3.45. The molecule has 3 aromatic rings. The van der Waals surface area contributed by atoms with Crippen molar-refractivity contribution >= 4 is 22.7 Å². The van der Waals surface area contributed by atoms with E-state index in [0.717, 1.165) is 23.4 Å². The number of benzene rings is 1. The van der Waals surface area contributed by atoms with Crippen molar-refractivity contribution in [3.8, 4) is 0 Å². The van der Waals surface area contributed by atoms with Gasteiger partial charge < -0.3 is 0 Å². The van der Waals surface area contributed by atoms with Gasteiger partial charge in [0.25, 0.3) is 0 Å². The fourth-order valence-electron chi connectivity index (χ4n) is 2.74. The van der Waals surface area contributed by atoms with Crippen molar-refractivity contribution in [3.63, 3.8) is 0 Å². The molecule has 1 aliphatic rings. The predicted molar refractivity (Wildman–Crippen MR) is 91.4 cm³/mol. The molecule has 3 heterocycles. The fourth-order valence-corrected chi connectivity index (χ4v) is 3.55. The molecule has 0 aliphatic carbocycles. The molecule has 1 unspecified atom stereocenters. The molecule has 4 heteroatoms. The number of hydrogen-bond donors (Lipinski definition) is 0. The summed E-state index contributed by atoms with van der Waals surface area (Å²) in [7, 11) is 0. The van der Waals surface area contributed by atoms with Crippen molar-refractivity contribution in [1.29, 1.82) is 0 Å². The third kappa shape index (κ3) is 2.42. The van der Waals surface area contributed by atoms with Crippen LogP contribution in [0.3, 0.4) is 0 Å². The van der Waals surface area contributed by atoms with E-state index in [9.17, 15) is 0 Å². The topological polar surface area (TPSA) is 28.5 Å². The molecule has 0 amide bonds. The molecular weight excluding hydrogens is 290 g/mol. The number of para-hydroxylation sites is 1. The third-order valence-corrected chi connectivity index (χ3v) is 4.77. The molecule has 4 rings (SSSR count). The van der Waals surface area contributed by atoms with Crippen molar-refractivity contribution in [2.75, 3.05) is 5.01 Å². The molecule has 0 bridgehead atoms. The molecule has 2 aromatic heterocycles. The molecule has 1 aromatic carbocycles. The maximum atomic E-state index is 4.88. The van der Waals surface area contributed by atoms with E-state index in [4.69, 9.17) is 5.10 Å². The van der Waals surface area contributed by atoms with Crippen LogP contribution < -0.4 is 5.01 Å². The van der Waals surface area contributed by atoms with Crippen LogP contribution in [0, 0.1) is 0 Å². The summed E-state index contributed by atoms with van der Waals surface area (Å²) in [5.41, 5.74) is 3.32. The lowest BCUT2D eigenvalue weighted by Crippen LogP contribution is -2.17. The second-order valence-electron chi connectivity index (χ2n) is 5.20. The zero-order valence-electron chi connectivity index (χ0n) is 12.0. The number of aromatic nitrogens is 1. The van der Waals surface area contributed by atoms with E-state index in [1.807, 2.05) is 18.3 Å². The summed E-state index contributed by atoms with van der Waals surface area (Å²) in [6.07, 6.45) is 4.59. The maximum Gasteiger partial charge on any atom is 0.0923 e. The Labute approximate surface area is 133 Å². The molecule has 0 radical (unpaired) electrons. The van der Waals surface area contributed by atoms with E-state index in [-0.39, 0.29) is 6.04 Å². The molecule has 0 N–H and O–H groups in total. The van der Waals surface area contributed by atoms with Gasteiger partial charge in [0.05, 0.1) is 17.4 Å². The molecule has 0 saturated carbocycles. The zero-order valence-corrected chi connectivity index (χ0v) is 12.8. The Balaban J connectivity index is 1.75. The van der Waals surface area contributed by atoms with Crippen LogP contribution in [0.5, 0.6) is 0 Å². The van der Waals surface area contributed by atoms with Crippen LogP contribution >= 0.6 is 11.3 Å². The average Bonchev–Trinajstić information content (AvgIpc) is 3.26. The molecule has 1 atom stereocenters. The van der Waals surface area contributed by atoms with Crippen LogP contribution in [0.2, 0.25) is 0 Å². The van der Waals surface area contributed by atoms with Crippen molar-refractivity contribution in [1.82, 2.24) is 4.98 Å². The summed E-state index contributed by atoms with van der Waals surface area (Å²) in [5, 5.41) is 9.14. The average molecular weight is 305 g/mol. The summed E-state index contributed by atoms with van der Waals surface area (Å²) in [6, 6.07) is 18.9. The molecular formula is C18H15N3S. The van der Waals surface area contributed by atoms with E-state index >= 15 is 0 Å². The highest BCUT2D eigenvalue weighted by atomic mass is 32.1. The van der Waals surface area contributed by atoms with Crippen LogP contribution in [0.1, 0.15) is 22.9 Å². The first-order valence-corrected chi connectivity index (χ1v) is 8.15. The molecule has 22 heavy (non-hydrogen) atoms. The van der Waals surface area contributed by atoms with Crippen LogP contribution in [-0.4, -0.2) is 10.7 Å². The van der Waals surface area contributed by atoms with Crippen molar-refractivity contribution < 1.29 is 0 Å². The Morgan fingerprint density at radius 2 is 1.91 bits per heavy atom. The number of anilines is 1. The highest BCUT2D eigenvalue weighted by Crippen LogP contribution is 2.38. The van der Waals surface area contributed by atoms with Gasteiger partial charge in [0.1, 0.15) is 0 Å². The number of nitrogens with zero attached hydrogens (tertiary/aromatic N) is 3. The van der Waals surface area contributed by atoms with E-state index in [1.165, 1.54) is 4.88 Å². The Morgan fingerprint density at radius 1 is 1.00 bits per heavy atom. The molecule has 3 nitrogen and oxygen atoms in total. The first-order chi connectivity index (χ1) is 10.9. The van der Waals surface area contributed by atoms with Crippen LogP contribution in [0.15, 0.2) is 77.5 Å². The number of pyridine rings is 1. The second kappa shape index (κ2) is 5.73. The maximum absolute atomic E-state index is 4.88. The zero-order chi connectivity index (χ0) is 14.8. The van der Waals surface area contributed by atoms with Crippen LogP contribution in [-0.2, 0) is 0 Å². The number of rotatable bonds is 3. The monoisotopic (exact) mass is 305 g/mol. The molecule has 0 spiro atoms. The van der Waals surface area contributed by atoms with Gasteiger partial charge in [0.15, 0.2) is 0 Å². The molecule has 108 valence electrons. The fraction of sp³-hybridized carbons (Fsp3) is 0.111. The van der Waals surface area contributed by atoms with Gasteiger partial charge in [-0.25, -0.2) is 0 Å². The van der Waals surface area contributed by atoms with E-state index in [2.05, 4.69) is 57.8 Å². The quantitative estimate of drug-likeness (QED) is 0.713. The Bertz CT molecular complexity index is 767. The number of hydrogen-bond acceptors (Lipinski definition) is 4. The molecule has 0 fully saturated rings. The van der Waals surface area contributed by atoms with Gasteiger partial charge in [0.2, 0.25) is 0 Å². The number of thiophene rings is 1. The smallest absolute Gasteiger partial charge is 0.0923 e. The van der Waals surface area contributed by atoms with Crippen molar-refractivity contribution in [2.24, 2.45) is 5.10 Å². The van der Waals surface area contributed by atoms with Gasteiger partial charge in [0, 0.05) is 29.3 Å². The van der Waals surface area contributed by atoms with Gasteiger partial charge in [-0.15, -0.1) is 11.3 Å². The lowest BCUT2D eigenvalue weighted by molar-refractivity contribution is 0.722. The minimum Gasteiger partial charge on any atom is -0.264 e. The minimum absolute atomic E-state index is 0.262. The minimum atomic E-state index is 0.262. The second-order valence-corrected chi connectivity index (χ2v) is 6.18. The Morgan fingerprint density at radius 3 is 2.64 bits per heavy atom. The largest absolute Gasteiger partial charge is 0.264 e. The highest BCUT2D eigenvalue weighted by molar-refractivity contribution is 7.10. The summed E-state index contributed by atoms with van der Waals surface area (Å²) < 4.78 is 0. The molecule has 0 saturated heterocycles. The first-order valence-electron chi connectivity index (χ1n) is 7.27. The van der Waals surface area contributed by atoms with Crippen molar-refractivity contribution in [2.45, 2.75) is 12.5 Å². The number of hydrazone groups is 1. The van der Waals surface area contributed by atoms with E-state index in [1.54, 1.807) is 17.5 Å². The third-order valence-electron chi connectivity index (χ3n) is 3.80. The predicted octanol–water partition coefficient (Wildman–Crippen LogP) is 4.50. The molecule has 1 aliphatic heterocycles. The van der Waals surface area contributed by atoms with Gasteiger partial charge in [-0.2, -0.15) is 5.10 Å². The van der Waals surface area contributed by atoms with Gasteiger partial charge in [-0.3, -0.25) is 9.99 Å². The van der Waals surface area contributed by atoms with Crippen LogP contribution in [0.4, 0.5) is 5.69 Å². The SMILES string of the molecule is c1ccc(N2N=C(c3cccnc3)CC2c2cccs2)cc1. The van der Waals surface area contributed by atoms with E-state index < -0.39 is 0 Å². The summed E-state index contributed by atoms with van der Waals surface area (Å²) >= 11 is 1.79. The van der Waals surface area contributed by atoms with Gasteiger partial charge >= 0.3 is 0 Å². The summed E-state index contributed by atoms with van der Waals surface area (Å²) in [6.45, 7) is 0. The highest BCUT2D eigenvalue weighted by Gasteiger charge is 2.30. The van der Waals surface area contributed by atoms with Crippen LogP contribution in [0.25, 0.3) is 0 Å². The Hall–Kier alpha value is -2.46. The lowest BCUT2D eigenvalue weighted by Gasteiger charge is -2.22. The summed E-state index contributed by atoms with van der Waals surface area (Å²) in [4.78, 5) is 5.56. The standard InChI is InChI=1S/C18H15N3S/c1-2-7-15(8-3-1)21-17(18-9-5-11-22-18)12-16(20-21)14-6-4-10-19-13-14/h1-11,13,17H,12H2. The first kappa shape index (κ1) is 13.2. The summed E-state index contributed by atoms with van der Waals surface area (Å²) in [5.74, 6) is 0.